The summed E-state index contributed by atoms with van der Waals surface area (Å²) in [5.74, 6) is -0.631. The average Bonchev–Trinajstić information content (AvgIpc) is 2.53. The van der Waals surface area contributed by atoms with Crippen molar-refractivity contribution in [3.05, 3.63) is 59.7 Å². The average molecular weight is 372 g/mol. The van der Waals surface area contributed by atoms with E-state index in [0.29, 0.717) is 22.2 Å². The number of hydrogen-bond donors (Lipinski definition) is 4. The van der Waals surface area contributed by atoms with Crippen LogP contribution in [0.1, 0.15) is 15.9 Å². The molecule has 0 atom stereocenters. The predicted molar refractivity (Wildman–Crippen MR) is 99.0 cm³/mol. The maximum absolute atomic E-state index is 12.5. The summed E-state index contributed by atoms with van der Waals surface area (Å²) in [4.78, 5) is 12.1. The molecule has 0 saturated carbocycles. The Morgan fingerprint density at radius 3 is 2.35 bits per heavy atom. The lowest BCUT2D eigenvalue weighted by molar-refractivity contribution is 0.102. The fourth-order valence-electron chi connectivity index (χ4n) is 2.69. The predicted octanol–water partition coefficient (Wildman–Crippen LogP) is 2.94. The number of nitrogens with two attached hydrogens (primary N) is 1. The van der Waals surface area contributed by atoms with Gasteiger partial charge in [0, 0.05) is 16.6 Å². The Balaban J connectivity index is 2.17. The van der Waals surface area contributed by atoms with Crippen molar-refractivity contribution in [1.29, 1.82) is 0 Å². The first-order valence-electron chi connectivity index (χ1n) is 7.57. The number of phenols is 1. The number of aromatic hydroxyl groups is 1. The number of aryl methyl sites for hydroxylation is 1. The number of nitrogen functional groups attached to an aromatic ring is 1. The Bertz CT molecular complexity index is 1120. The van der Waals surface area contributed by atoms with E-state index in [4.69, 9.17) is 5.73 Å². The molecule has 8 heteroatoms. The molecule has 0 aromatic heterocycles. The normalized spacial score (nSPS) is 11.5. The third-order valence-electron chi connectivity index (χ3n) is 3.87. The fourth-order valence-corrected chi connectivity index (χ4v) is 3.23. The van der Waals surface area contributed by atoms with Gasteiger partial charge in [-0.2, -0.15) is 8.42 Å². The molecule has 0 bridgehead atoms. The molecule has 1 amide bonds. The summed E-state index contributed by atoms with van der Waals surface area (Å²) in [6, 6.07) is 11.6. The van der Waals surface area contributed by atoms with Crippen LogP contribution in [0.2, 0.25) is 0 Å². The van der Waals surface area contributed by atoms with Crippen molar-refractivity contribution >= 4 is 38.2 Å². The van der Waals surface area contributed by atoms with Crippen molar-refractivity contribution in [3.63, 3.8) is 0 Å². The summed E-state index contributed by atoms with van der Waals surface area (Å²) in [6.45, 7) is 1.73. The summed E-state index contributed by atoms with van der Waals surface area (Å²) in [7, 11) is -4.50. The monoisotopic (exact) mass is 372 g/mol. The number of phenolic OH excluding ortho intramolecular Hbond substituents is 1. The van der Waals surface area contributed by atoms with Gasteiger partial charge in [-0.05, 0) is 60.3 Å². The van der Waals surface area contributed by atoms with Gasteiger partial charge in [0.25, 0.3) is 16.0 Å². The van der Waals surface area contributed by atoms with Crippen LogP contribution in [0.4, 0.5) is 11.4 Å². The van der Waals surface area contributed by atoms with E-state index in [-0.39, 0.29) is 21.7 Å². The number of carbonyl (C=O) groups is 1. The highest BCUT2D eigenvalue weighted by Gasteiger charge is 2.18. The molecule has 0 heterocycles. The number of fused-ring (bicyclic) bond motifs is 1. The first-order chi connectivity index (χ1) is 12.1. The van der Waals surface area contributed by atoms with E-state index in [1.807, 2.05) is 0 Å². The molecule has 0 aliphatic carbocycles. The molecule has 134 valence electrons. The largest absolute Gasteiger partial charge is 0.507 e. The molecule has 3 aromatic carbocycles. The number of nitrogens with one attached hydrogen (secondary N) is 1. The van der Waals surface area contributed by atoms with Gasteiger partial charge < -0.3 is 16.2 Å². The van der Waals surface area contributed by atoms with Crippen LogP contribution in [-0.4, -0.2) is 24.0 Å². The zero-order chi connectivity index (χ0) is 19.1. The molecule has 0 radical (unpaired) electrons. The number of hydrogen-bond acceptors (Lipinski definition) is 5. The molecular formula is C18H16N2O5S. The third kappa shape index (κ3) is 3.46. The van der Waals surface area contributed by atoms with Crippen molar-refractivity contribution < 1.29 is 22.9 Å². The molecule has 3 aromatic rings. The second kappa shape index (κ2) is 6.32. The summed E-state index contributed by atoms with van der Waals surface area (Å²) in [5, 5.41) is 13.5. The van der Waals surface area contributed by atoms with Gasteiger partial charge in [-0.25, -0.2) is 0 Å². The van der Waals surface area contributed by atoms with Gasteiger partial charge in [-0.15, -0.1) is 0 Å². The topological polar surface area (TPSA) is 130 Å². The summed E-state index contributed by atoms with van der Waals surface area (Å²) in [6.07, 6.45) is 0. The zero-order valence-corrected chi connectivity index (χ0v) is 14.5. The van der Waals surface area contributed by atoms with E-state index >= 15 is 0 Å². The molecule has 7 nitrogen and oxygen atoms in total. The first-order valence-corrected chi connectivity index (χ1v) is 9.01. The lowest BCUT2D eigenvalue weighted by atomic mass is 10.0. The highest BCUT2D eigenvalue weighted by molar-refractivity contribution is 7.85. The van der Waals surface area contributed by atoms with E-state index in [0.717, 1.165) is 6.07 Å². The highest BCUT2D eigenvalue weighted by atomic mass is 32.2. The van der Waals surface area contributed by atoms with Gasteiger partial charge in [-0.1, -0.05) is 6.07 Å². The second-order valence-electron chi connectivity index (χ2n) is 5.90. The number of anilines is 2. The van der Waals surface area contributed by atoms with Crippen LogP contribution in [0, 0.1) is 6.92 Å². The molecule has 0 saturated heterocycles. The third-order valence-corrected chi connectivity index (χ3v) is 4.70. The second-order valence-corrected chi connectivity index (χ2v) is 7.33. The highest BCUT2D eigenvalue weighted by Crippen LogP contribution is 2.35. The van der Waals surface area contributed by atoms with Crippen LogP contribution in [-0.2, 0) is 10.1 Å². The van der Waals surface area contributed by atoms with E-state index in [9.17, 15) is 22.9 Å². The van der Waals surface area contributed by atoms with E-state index < -0.39 is 16.0 Å². The van der Waals surface area contributed by atoms with E-state index in [1.54, 1.807) is 25.1 Å². The van der Waals surface area contributed by atoms with Crippen LogP contribution in [0.3, 0.4) is 0 Å². The quantitative estimate of drug-likeness (QED) is 0.413. The molecule has 0 aliphatic rings. The minimum Gasteiger partial charge on any atom is -0.507 e. The molecule has 3 rings (SSSR count). The van der Waals surface area contributed by atoms with Gasteiger partial charge in [0.1, 0.15) is 5.75 Å². The van der Waals surface area contributed by atoms with Crippen LogP contribution in [0.15, 0.2) is 53.4 Å². The standard InChI is InChI=1S/C18H16N2O5S/c1-10-6-12-8-14(26(23,24)25)9-15(17(12)16(21)7-10)20-18(22)11-2-4-13(19)5-3-11/h2-9,21H,19H2,1H3,(H,20,22)(H,23,24,25). The first kappa shape index (κ1) is 17.7. The van der Waals surface area contributed by atoms with Crippen LogP contribution in [0.25, 0.3) is 10.8 Å². The van der Waals surface area contributed by atoms with Gasteiger partial charge >= 0.3 is 0 Å². The van der Waals surface area contributed by atoms with E-state index in [2.05, 4.69) is 5.32 Å². The van der Waals surface area contributed by atoms with Crippen molar-refractivity contribution in [2.45, 2.75) is 11.8 Å². The van der Waals surface area contributed by atoms with E-state index in [1.165, 1.54) is 24.3 Å². The van der Waals surface area contributed by atoms with Crippen LogP contribution >= 0.6 is 0 Å². The molecule has 0 aliphatic heterocycles. The zero-order valence-electron chi connectivity index (χ0n) is 13.7. The Hall–Kier alpha value is -3.10. The van der Waals surface area contributed by atoms with Gasteiger partial charge in [0.2, 0.25) is 0 Å². The smallest absolute Gasteiger partial charge is 0.294 e. The maximum Gasteiger partial charge on any atom is 0.294 e. The van der Waals surface area contributed by atoms with Crippen LogP contribution in [0.5, 0.6) is 5.75 Å². The Morgan fingerprint density at radius 1 is 1.08 bits per heavy atom. The SMILES string of the molecule is Cc1cc(O)c2c(NC(=O)c3ccc(N)cc3)cc(S(=O)(=O)O)cc2c1. The molecule has 0 spiro atoms. The fraction of sp³-hybridized carbons (Fsp3) is 0.0556. The lowest BCUT2D eigenvalue weighted by Crippen LogP contribution is -2.13. The number of amides is 1. The molecular weight excluding hydrogens is 356 g/mol. The molecule has 26 heavy (non-hydrogen) atoms. The van der Waals surface area contributed by atoms with Crippen molar-refractivity contribution in [1.82, 2.24) is 0 Å². The summed E-state index contributed by atoms with van der Waals surface area (Å²) >= 11 is 0. The maximum atomic E-state index is 12.5. The summed E-state index contributed by atoms with van der Waals surface area (Å²) < 4.78 is 32.5. The van der Waals surface area contributed by atoms with Gasteiger partial charge in [0.05, 0.1) is 10.6 Å². The Labute approximate surface area is 149 Å². The lowest BCUT2D eigenvalue weighted by Gasteiger charge is -2.13. The minimum absolute atomic E-state index is 0.0643. The van der Waals surface area contributed by atoms with Crippen molar-refractivity contribution in [3.8, 4) is 5.75 Å². The number of benzene rings is 3. The summed E-state index contributed by atoms with van der Waals surface area (Å²) in [5.41, 5.74) is 7.15. The van der Waals surface area contributed by atoms with Crippen LogP contribution < -0.4 is 11.1 Å². The molecule has 5 N–H and O–H groups in total. The minimum atomic E-state index is -4.50. The number of rotatable bonds is 3. The molecule has 0 unspecified atom stereocenters. The Morgan fingerprint density at radius 2 is 1.73 bits per heavy atom. The van der Waals surface area contributed by atoms with Gasteiger partial charge in [0.15, 0.2) is 0 Å². The number of carbonyl (C=O) groups excluding carboxylic acids is 1. The van der Waals surface area contributed by atoms with Crippen molar-refractivity contribution in [2.24, 2.45) is 0 Å². The van der Waals surface area contributed by atoms with Gasteiger partial charge in [-0.3, -0.25) is 9.35 Å². The molecule has 0 fully saturated rings. The van der Waals surface area contributed by atoms with Crippen molar-refractivity contribution in [2.75, 3.05) is 11.1 Å². The Kier molecular flexibility index (Phi) is 4.31.